The van der Waals surface area contributed by atoms with Gasteiger partial charge in [0.05, 0.1) is 23.1 Å². The van der Waals surface area contributed by atoms with Crippen LogP contribution in [0.15, 0.2) is 54.9 Å². The fourth-order valence-electron chi connectivity index (χ4n) is 4.57. The zero-order valence-corrected chi connectivity index (χ0v) is 19.5. The number of nitro benzene ring substituents is 1. The molecular formula is C24H23N7O5. The summed E-state index contributed by atoms with van der Waals surface area (Å²) in [4.78, 5) is 42.0. The number of benzene rings is 2. The fourth-order valence-corrected chi connectivity index (χ4v) is 4.57. The van der Waals surface area contributed by atoms with Gasteiger partial charge in [-0.15, -0.1) is 5.10 Å². The van der Waals surface area contributed by atoms with Crippen LogP contribution in [0.3, 0.4) is 0 Å². The number of methoxy groups -OCH3 is 1. The largest absolute Gasteiger partial charge is 0.465 e. The monoisotopic (exact) mass is 489 g/mol. The Balaban J connectivity index is 1.29. The number of carbonyl (C=O) groups excluding carboxylic acids is 2. The van der Waals surface area contributed by atoms with E-state index in [4.69, 9.17) is 0 Å². The lowest BCUT2D eigenvalue weighted by molar-refractivity contribution is -0.384. The smallest absolute Gasteiger partial charge is 0.338 e. The molecule has 0 atom stereocenters. The van der Waals surface area contributed by atoms with E-state index in [0.29, 0.717) is 32.6 Å². The Kier molecular flexibility index (Phi) is 6.15. The Labute approximate surface area is 205 Å². The number of carbonyl (C=O) groups is 2. The standard InChI is InChI=1S/C24H23N7O5/c1-36-24(33)18-12-17(13-19(14-18)31(34)35)23(32)28-9-6-16(7-10-28)22-25-8-11-29(22)15-30-21-5-3-2-4-20(21)26-27-30/h2-5,8,11-14,16H,6-7,9-10,15H2,1H3. The van der Waals surface area contributed by atoms with Crippen molar-refractivity contribution in [3.05, 3.63) is 81.9 Å². The third-order valence-corrected chi connectivity index (χ3v) is 6.40. The molecule has 12 nitrogen and oxygen atoms in total. The minimum atomic E-state index is -0.738. The molecule has 0 saturated carbocycles. The minimum Gasteiger partial charge on any atom is -0.465 e. The maximum atomic E-state index is 13.1. The summed E-state index contributed by atoms with van der Waals surface area (Å²) >= 11 is 0. The lowest BCUT2D eigenvalue weighted by Gasteiger charge is -2.32. The predicted molar refractivity (Wildman–Crippen MR) is 127 cm³/mol. The van der Waals surface area contributed by atoms with Crippen molar-refractivity contribution < 1.29 is 19.2 Å². The number of imidazole rings is 1. The number of fused-ring (bicyclic) bond motifs is 1. The van der Waals surface area contributed by atoms with Crippen LogP contribution in [0.4, 0.5) is 5.69 Å². The molecule has 2 aromatic carbocycles. The summed E-state index contributed by atoms with van der Waals surface area (Å²) < 4.78 is 8.53. The van der Waals surface area contributed by atoms with Crippen molar-refractivity contribution >= 4 is 28.6 Å². The molecule has 0 spiro atoms. The summed E-state index contributed by atoms with van der Waals surface area (Å²) in [6.45, 7) is 1.39. The van der Waals surface area contributed by atoms with Gasteiger partial charge in [-0.1, -0.05) is 17.3 Å². The highest BCUT2D eigenvalue weighted by molar-refractivity contribution is 5.99. The number of para-hydroxylation sites is 1. The number of hydrogen-bond acceptors (Lipinski definition) is 8. The second-order valence-corrected chi connectivity index (χ2v) is 8.56. The number of amides is 1. The van der Waals surface area contributed by atoms with Crippen molar-refractivity contribution in [3.8, 4) is 0 Å². The number of nitrogens with zero attached hydrogens (tertiary/aromatic N) is 7. The van der Waals surface area contributed by atoms with E-state index in [1.165, 1.54) is 19.2 Å². The van der Waals surface area contributed by atoms with Crippen LogP contribution < -0.4 is 0 Å². The first-order valence-electron chi connectivity index (χ1n) is 11.4. The number of piperidine rings is 1. The molecule has 5 rings (SSSR count). The zero-order chi connectivity index (χ0) is 25.2. The van der Waals surface area contributed by atoms with Crippen molar-refractivity contribution in [2.24, 2.45) is 0 Å². The van der Waals surface area contributed by atoms with Crippen LogP contribution in [0.1, 0.15) is 45.3 Å². The molecule has 4 aromatic rings. The first-order chi connectivity index (χ1) is 17.4. The molecule has 2 aromatic heterocycles. The van der Waals surface area contributed by atoms with Crippen molar-refractivity contribution in [1.29, 1.82) is 0 Å². The predicted octanol–water partition coefficient (Wildman–Crippen LogP) is 2.85. The number of esters is 1. The molecule has 184 valence electrons. The van der Waals surface area contributed by atoms with E-state index in [1.807, 2.05) is 39.7 Å². The van der Waals surface area contributed by atoms with Gasteiger partial charge < -0.3 is 14.2 Å². The van der Waals surface area contributed by atoms with Gasteiger partial charge in [-0.3, -0.25) is 14.9 Å². The van der Waals surface area contributed by atoms with E-state index in [9.17, 15) is 19.7 Å². The van der Waals surface area contributed by atoms with Gasteiger partial charge in [-0.2, -0.15) is 0 Å². The molecule has 1 aliphatic rings. The number of likely N-dealkylation sites (tertiary alicyclic amines) is 1. The number of ether oxygens (including phenoxy) is 1. The topological polar surface area (TPSA) is 138 Å². The fraction of sp³-hybridized carbons (Fsp3) is 0.292. The average molecular weight is 489 g/mol. The van der Waals surface area contributed by atoms with E-state index in [1.54, 1.807) is 11.1 Å². The van der Waals surface area contributed by atoms with Crippen LogP contribution in [0, 0.1) is 10.1 Å². The summed E-state index contributed by atoms with van der Waals surface area (Å²) in [5.74, 6) is -0.0576. The van der Waals surface area contributed by atoms with Crippen LogP contribution in [0.25, 0.3) is 11.0 Å². The molecule has 0 bridgehead atoms. The molecule has 12 heteroatoms. The summed E-state index contributed by atoms with van der Waals surface area (Å²) in [6, 6.07) is 11.4. The second-order valence-electron chi connectivity index (χ2n) is 8.56. The number of non-ortho nitro benzene ring substituents is 1. The lowest BCUT2D eigenvalue weighted by atomic mass is 9.95. The van der Waals surface area contributed by atoms with Gasteiger partial charge in [-0.25, -0.2) is 14.5 Å². The quantitative estimate of drug-likeness (QED) is 0.229. The van der Waals surface area contributed by atoms with Gasteiger partial charge in [0.1, 0.15) is 18.0 Å². The SMILES string of the molecule is COC(=O)c1cc(C(=O)N2CCC(c3nccn3Cn3nnc4ccccc43)CC2)cc([N+](=O)[O-])c1. The zero-order valence-electron chi connectivity index (χ0n) is 19.5. The van der Waals surface area contributed by atoms with Crippen LogP contribution >= 0.6 is 0 Å². The molecule has 1 amide bonds. The van der Waals surface area contributed by atoms with Gasteiger partial charge in [-0.05, 0) is 31.0 Å². The summed E-state index contributed by atoms with van der Waals surface area (Å²) in [5.41, 5.74) is 1.47. The van der Waals surface area contributed by atoms with Gasteiger partial charge in [0.25, 0.3) is 11.6 Å². The molecule has 0 aliphatic carbocycles. The van der Waals surface area contributed by atoms with Crippen LogP contribution in [-0.2, 0) is 11.4 Å². The van der Waals surface area contributed by atoms with E-state index < -0.39 is 10.9 Å². The Bertz CT molecular complexity index is 1450. The first kappa shape index (κ1) is 23.1. The van der Waals surface area contributed by atoms with Crippen LogP contribution in [0.2, 0.25) is 0 Å². The van der Waals surface area contributed by atoms with Crippen molar-refractivity contribution in [1.82, 2.24) is 29.4 Å². The van der Waals surface area contributed by atoms with Crippen molar-refractivity contribution in [2.45, 2.75) is 25.4 Å². The van der Waals surface area contributed by atoms with E-state index in [-0.39, 0.29) is 28.6 Å². The molecule has 1 aliphatic heterocycles. The molecule has 36 heavy (non-hydrogen) atoms. The van der Waals surface area contributed by atoms with E-state index >= 15 is 0 Å². The minimum absolute atomic E-state index is 0.0346. The molecule has 0 unspecified atom stereocenters. The maximum Gasteiger partial charge on any atom is 0.338 e. The van der Waals surface area contributed by atoms with Gasteiger partial charge in [0, 0.05) is 49.1 Å². The molecule has 0 radical (unpaired) electrons. The Morgan fingerprint density at radius 1 is 1.14 bits per heavy atom. The third-order valence-electron chi connectivity index (χ3n) is 6.40. The van der Waals surface area contributed by atoms with Crippen molar-refractivity contribution in [2.75, 3.05) is 20.2 Å². The Morgan fingerprint density at radius 3 is 2.64 bits per heavy atom. The van der Waals surface area contributed by atoms with Gasteiger partial charge in [0.15, 0.2) is 0 Å². The molecule has 1 saturated heterocycles. The number of aromatic nitrogens is 5. The molecular weight excluding hydrogens is 466 g/mol. The van der Waals surface area contributed by atoms with Crippen LogP contribution in [0.5, 0.6) is 0 Å². The Morgan fingerprint density at radius 2 is 1.89 bits per heavy atom. The number of nitro groups is 1. The lowest BCUT2D eigenvalue weighted by Crippen LogP contribution is -2.38. The molecule has 0 N–H and O–H groups in total. The maximum absolute atomic E-state index is 13.1. The first-order valence-corrected chi connectivity index (χ1v) is 11.4. The molecule has 3 heterocycles. The number of hydrogen-bond donors (Lipinski definition) is 0. The highest BCUT2D eigenvalue weighted by Gasteiger charge is 2.28. The van der Waals surface area contributed by atoms with E-state index in [2.05, 4.69) is 20.0 Å². The summed E-state index contributed by atoms with van der Waals surface area (Å²) in [5, 5.41) is 19.8. The van der Waals surface area contributed by atoms with Gasteiger partial charge in [0.2, 0.25) is 0 Å². The highest BCUT2D eigenvalue weighted by Crippen LogP contribution is 2.29. The van der Waals surface area contributed by atoms with Crippen molar-refractivity contribution in [3.63, 3.8) is 0 Å². The Hall–Kier alpha value is -4.61. The van der Waals surface area contributed by atoms with E-state index in [0.717, 1.165) is 22.9 Å². The summed E-state index contributed by atoms with van der Waals surface area (Å²) in [7, 11) is 1.18. The van der Waals surface area contributed by atoms with Crippen LogP contribution in [-0.4, -0.2) is 66.4 Å². The van der Waals surface area contributed by atoms with Gasteiger partial charge >= 0.3 is 5.97 Å². The molecule has 1 fully saturated rings. The normalized spacial score (nSPS) is 14.2. The average Bonchev–Trinajstić information content (AvgIpc) is 3.55. The highest BCUT2D eigenvalue weighted by atomic mass is 16.6. The third kappa shape index (κ3) is 4.40. The summed E-state index contributed by atoms with van der Waals surface area (Å²) in [6.07, 6.45) is 5.02. The number of rotatable bonds is 6. The second kappa shape index (κ2) is 9.56.